The lowest BCUT2D eigenvalue weighted by Crippen LogP contribution is -2.38. The molecule has 1 saturated heterocycles. The second-order valence-electron chi connectivity index (χ2n) is 6.06. The van der Waals surface area contributed by atoms with E-state index in [1.165, 1.54) is 12.1 Å². The average Bonchev–Trinajstić information content (AvgIpc) is 2.95. The van der Waals surface area contributed by atoms with Gasteiger partial charge in [-0.15, -0.1) is 0 Å². The van der Waals surface area contributed by atoms with Crippen molar-refractivity contribution in [3.8, 4) is 0 Å². The van der Waals surface area contributed by atoms with E-state index in [0.29, 0.717) is 11.6 Å². The summed E-state index contributed by atoms with van der Waals surface area (Å²) >= 11 is 0. The second kappa shape index (κ2) is 6.06. The lowest BCUT2D eigenvalue weighted by atomic mass is 9.81. The fourth-order valence-electron chi connectivity index (χ4n) is 3.51. The molecular weight excluding hydrogens is 322 g/mol. The molecular formula is C14H19N3O5S. The predicted molar refractivity (Wildman–Crippen MR) is 83.6 cm³/mol. The van der Waals surface area contributed by atoms with Crippen LogP contribution in [0.5, 0.6) is 0 Å². The molecule has 9 heteroatoms. The summed E-state index contributed by atoms with van der Waals surface area (Å²) < 4.78 is 28.8. The third kappa shape index (κ3) is 3.46. The number of ether oxygens (including phenoxy) is 1. The largest absolute Gasteiger partial charge is 0.382 e. The second-order valence-corrected chi connectivity index (χ2v) is 7.62. The Morgan fingerprint density at radius 2 is 2.04 bits per heavy atom. The molecule has 1 aliphatic heterocycles. The number of sulfonamides is 1. The average molecular weight is 341 g/mol. The van der Waals surface area contributed by atoms with Gasteiger partial charge >= 0.3 is 0 Å². The summed E-state index contributed by atoms with van der Waals surface area (Å²) in [7, 11) is -4.01. The van der Waals surface area contributed by atoms with Gasteiger partial charge in [0.2, 0.25) is 10.0 Å². The third-order valence-electron chi connectivity index (χ3n) is 4.56. The molecule has 3 rings (SSSR count). The van der Waals surface area contributed by atoms with E-state index in [4.69, 9.17) is 9.88 Å². The van der Waals surface area contributed by atoms with E-state index in [9.17, 15) is 18.5 Å². The first-order chi connectivity index (χ1) is 10.8. The van der Waals surface area contributed by atoms with Crippen LogP contribution in [0, 0.1) is 16.0 Å². The summed E-state index contributed by atoms with van der Waals surface area (Å²) in [5.41, 5.74) is 0.106. The number of anilines is 1. The van der Waals surface area contributed by atoms with Gasteiger partial charge in [-0.3, -0.25) is 10.1 Å². The molecule has 3 unspecified atom stereocenters. The number of nitro benzene ring substituents is 1. The van der Waals surface area contributed by atoms with Crippen molar-refractivity contribution in [1.82, 2.24) is 0 Å². The Morgan fingerprint density at radius 1 is 1.26 bits per heavy atom. The summed E-state index contributed by atoms with van der Waals surface area (Å²) in [6.45, 7) is 0.727. The molecule has 3 N–H and O–H groups in total. The number of non-ortho nitro benzene ring substituents is 1. The molecule has 0 spiro atoms. The lowest BCUT2D eigenvalue weighted by Gasteiger charge is -2.33. The normalized spacial score (nSPS) is 27.4. The van der Waals surface area contributed by atoms with E-state index < -0.39 is 14.9 Å². The van der Waals surface area contributed by atoms with E-state index in [2.05, 4.69) is 5.32 Å². The standard InChI is InChI=1S/C14H19N3O5S/c15-23(20,21)11-7-9(6-10(8-11)17(18)19)16-13-2-1-3-14-12(13)4-5-22-14/h6-8,12-14,16H,1-5H2,(H2,15,20,21). The minimum atomic E-state index is -4.01. The highest BCUT2D eigenvalue weighted by Gasteiger charge is 2.37. The van der Waals surface area contributed by atoms with Crippen molar-refractivity contribution < 1.29 is 18.1 Å². The molecule has 1 aliphatic carbocycles. The molecule has 1 aromatic carbocycles. The SMILES string of the molecule is NS(=O)(=O)c1cc(NC2CCCC3OCCC23)cc([N+](=O)[O-])c1. The molecule has 1 saturated carbocycles. The zero-order valence-electron chi connectivity index (χ0n) is 12.5. The van der Waals surface area contributed by atoms with Gasteiger partial charge in [-0.2, -0.15) is 0 Å². The van der Waals surface area contributed by atoms with E-state index in [-0.39, 0.29) is 22.7 Å². The zero-order valence-corrected chi connectivity index (χ0v) is 13.3. The molecule has 0 aromatic heterocycles. The molecule has 0 radical (unpaired) electrons. The Labute approximate surface area is 134 Å². The molecule has 0 amide bonds. The maximum absolute atomic E-state index is 11.5. The predicted octanol–water partition coefficient (Wildman–Crippen LogP) is 1.61. The van der Waals surface area contributed by atoms with Gasteiger partial charge in [0.25, 0.3) is 5.69 Å². The minimum Gasteiger partial charge on any atom is -0.382 e. The van der Waals surface area contributed by atoms with Crippen LogP contribution in [0.4, 0.5) is 11.4 Å². The highest BCUT2D eigenvalue weighted by molar-refractivity contribution is 7.89. The van der Waals surface area contributed by atoms with Crippen LogP contribution in [-0.2, 0) is 14.8 Å². The zero-order chi connectivity index (χ0) is 16.6. The first kappa shape index (κ1) is 16.2. The van der Waals surface area contributed by atoms with Gasteiger partial charge in [0.15, 0.2) is 0 Å². The Morgan fingerprint density at radius 3 is 2.74 bits per heavy atom. The maximum Gasteiger partial charge on any atom is 0.272 e. The number of nitrogens with two attached hydrogens (primary N) is 1. The smallest absolute Gasteiger partial charge is 0.272 e. The van der Waals surface area contributed by atoms with Crippen LogP contribution in [0.2, 0.25) is 0 Å². The number of fused-ring (bicyclic) bond motifs is 1. The summed E-state index contributed by atoms with van der Waals surface area (Å²) in [6, 6.07) is 3.78. The van der Waals surface area contributed by atoms with Crippen LogP contribution in [0.25, 0.3) is 0 Å². The van der Waals surface area contributed by atoms with Crippen molar-refractivity contribution in [2.75, 3.05) is 11.9 Å². The molecule has 2 fully saturated rings. The van der Waals surface area contributed by atoms with Gasteiger partial charge in [0.05, 0.1) is 15.9 Å². The van der Waals surface area contributed by atoms with Gasteiger partial charge in [0.1, 0.15) is 0 Å². The van der Waals surface area contributed by atoms with Crippen LogP contribution in [0.1, 0.15) is 25.7 Å². The number of primary sulfonamides is 1. The van der Waals surface area contributed by atoms with Crippen LogP contribution in [0.3, 0.4) is 0 Å². The third-order valence-corrected chi connectivity index (χ3v) is 5.46. The Kier molecular flexibility index (Phi) is 4.26. The minimum absolute atomic E-state index is 0.117. The molecule has 1 aromatic rings. The first-order valence-corrected chi connectivity index (χ1v) is 9.09. The summed E-state index contributed by atoms with van der Waals surface area (Å²) in [5.74, 6) is 0.348. The quantitative estimate of drug-likeness (QED) is 0.633. The van der Waals surface area contributed by atoms with Crippen molar-refractivity contribution in [3.05, 3.63) is 28.3 Å². The summed E-state index contributed by atoms with van der Waals surface area (Å²) in [6.07, 6.45) is 4.13. The van der Waals surface area contributed by atoms with Crippen molar-refractivity contribution in [2.45, 2.75) is 42.7 Å². The Balaban J connectivity index is 1.89. The molecule has 1 heterocycles. The fourth-order valence-corrected chi connectivity index (χ4v) is 4.08. The number of nitro groups is 1. The van der Waals surface area contributed by atoms with Gasteiger partial charge in [0, 0.05) is 36.4 Å². The van der Waals surface area contributed by atoms with E-state index in [1.807, 2.05) is 0 Å². The van der Waals surface area contributed by atoms with E-state index >= 15 is 0 Å². The number of rotatable bonds is 4. The number of benzene rings is 1. The van der Waals surface area contributed by atoms with Crippen LogP contribution < -0.4 is 10.5 Å². The van der Waals surface area contributed by atoms with E-state index in [0.717, 1.165) is 38.4 Å². The molecule has 0 bridgehead atoms. The van der Waals surface area contributed by atoms with Crippen molar-refractivity contribution >= 4 is 21.4 Å². The lowest BCUT2D eigenvalue weighted by molar-refractivity contribution is -0.385. The number of nitrogens with zero attached hydrogens (tertiary/aromatic N) is 1. The number of hydrogen-bond acceptors (Lipinski definition) is 6. The fraction of sp³-hybridized carbons (Fsp3) is 0.571. The molecule has 126 valence electrons. The van der Waals surface area contributed by atoms with Gasteiger partial charge in [-0.05, 0) is 31.7 Å². The topological polar surface area (TPSA) is 125 Å². The highest BCUT2D eigenvalue weighted by Crippen LogP contribution is 2.36. The molecule has 3 atom stereocenters. The van der Waals surface area contributed by atoms with Crippen molar-refractivity contribution in [2.24, 2.45) is 11.1 Å². The Bertz CT molecular complexity index is 721. The summed E-state index contributed by atoms with van der Waals surface area (Å²) in [4.78, 5) is 10.1. The van der Waals surface area contributed by atoms with E-state index in [1.54, 1.807) is 0 Å². The van der Waals surface area contributed by atoms with Crippen LogP contribution in [-0.4, -0.2) is 32.1 Å². The number of hydrogen-bond donors (Lipinski definition) is 2. The highest BCUT2D eigenvalue weighted by atomic mass is 32.2. The van der Waals surface area contributed by atoms with Gasteiger partial charge in [-0.1, -0.05) is 0 Å². The molecule has 23 heavy (non-hydrogen) atoms. The monoisotopic (exact) mass is 341 g/mol. The first-order valence-electron chi connectivity index (χ1n) is 7.55. The molecule has 8 nitrogen and oxygen atoms in total. The van der Waals surface area contributed by atoms with Crippen molar-refractivity contribution in [3.63, 3.8) is 0 Å². The van der Waals surface area contributed by atoms with Gasteiger partial charge < -0.3 is 10.1 Å². The maximum atomic E-state index is 11.5. The molecule has 2 aliphatic rings. The van der Waals surface area contributed by atoms with Crippen LogP contribution in [0.15, 0.2) is 23.1 Å². The van der Waals surface area contributed by atoms with Crippen LogP contribution >= 0.6 is 0 Å². The Hall–Kier alpha value is -1.71. The number of nitrogens with one attached hydrogen (secondary N) is 1. The van der Waals surface area contributed by atoms with Gasteiger partial charge in [-0.25, -0.2) is 13.6 Å². The van der Waals surface area contributed by atoms with Crippen molar-refractivity contribution in [1.29, 1.82) is 0 Å². The summed E-state index contributed by atoms with van der Waals surface area (Å²) in [5, 5.41) is 19.4.